The summed E-state index contributed by atoms with van der Waals surface area (Å²) in [5.74, 6) is 0.231. The number of benzene rings is 1. The number of carbonyl (C=O) groups excluding carboxylic acids is 1. The lowest BCUT2D eigenvalue weighted by Crippen LogP contribution is -2.30. The van der Waals surface area contributed by atoms with E-state index in [1.165, 1.54) is 38.9 Å². The van der Waals surface area contributed by atoms with Gasteiger partial charge in [0.25, 0.3) is 0 Å². The molecule has 1 fully saturated rings. The molecule has 0 saturated carbocycles. The minimum absolute atomic E-state index is 0.231. The number of halogens is 1. The number of hydrogen-bond donors (Lipinski definition) is 0. The molecule has 1 aliphatic heterocycles. The SMILES string of the molecule is O=C(CCCCCN1CC[CH]CC1)c1ccc(Cl)cc1. The van der Waals surface area contributed by atoms with E-state index < -0.39 is 0 Å². The fourth-order valence-corrected chi connectivity index (χ4v) is 2.73. The topological polar surface area (TPSA) is 20.3 Å². The van der Waals surface area contributed by atoms with Crippen LogP contribution in [0.4, 0.5) is 0 Å². The fourth-order valence-electron chi connectivity index (χ4n) is 2.61. The first-order valence-electron chi connectivity index (χ1n) is 7.58. The summed E-state index contributed by atoms with van der Waals surface area (Å²) in [5.41, 5.74) is 0.779. The van der Waals surface area contributed by atoms with Crippen molar-refractivity contribution in [2.75, 3.05) is 19.6 Å². The van der Waals surface area contributed by atoms with Gasteiger partial charge in [-0.3, -0.25) is 4.79 Å². The predicted molar refractivity (Wildman–Crippen MR) is 84.2 cm³/mol. The van der Waals surface area contributed by atoms with Gasteiger partial charge < -0.3 is 4.90 Å². The van der Waals surface area contributed by atoms with Crippen molar-refractivity contribution in [2.24, 2.45) is 0 Å². The Morgan fingerprint density at radius 3 is 2.45 bits per heavy atom. The van der Waals surface area contributed by atoms with Gasteiger partial charge in [0.1, 0.15) is 0 Å². The Balaban J connectivity index is 1.58. The van der Waals surface area contributed by atoms with Crippen LogP contribution in [0.15, 0.2) is 24.3 Å². The van der Waals surface area contributed by atoms with Crippen molar-refractivity contribution in [3.05, 3.63) is 41.3 Å². The van der Waals surface area contributed by atoms with Crippen molar-refractivity contribution in [2.45, 2.75) is 38.5 Å². The summed E-state index contributed by atoms with van der Waals surface area (Å²) >= 11 is 5.82. The Morgan fingerprint density at radius 2 is 1.75 bits per heavy atom. The molecule has 109 valence electrons. The Hall–Kier alpha value is -0.860. The second-order valence-electron chi connectivity index (χ2n) is 5.45. The molecule has 1 saturated heterocycles. The predicted octanol–water partition coefficient (Wildman–Crippen LogP) is 4.38. The van der Waals surface area contributed by atoms with Crippen LogP contribution in [0, 0.1) is 6.42 Å². The molecule has 1 heterocycles. The maximum atomic E-state index is 12.0. The fraction of sp³-hybridized carbons (Fsp3) is 0.529. The molecule has 0 aliphatic carbocycles. The number of Topliss-reactive ketones (excluding diaryl/α,β-unsaturated/α-hetero) is 1. The van der Waals surface area contributed by atoms with Crippen molar-refractivity contribution in [1.82, 2.24) is 4.90 Å². The van der Waals surface area contributed by atoms with E-state index in [1.807, 2.05) is 12.1 Å². The highest BCUT2D eigenvalue weighted by Crippen LogP contribution is 2.14. The molecule has 0 unspecified atom stereocenters. The van der Waals surface area contributed by atoms with E-state index in [9.17, 15) is 4.79 Å². The number of rotatable bonds is 7. The highest BCUT2D eigenvalue weighted by Gasteiger charge is 2.09. The third-order valence-electron chi connectivity index (χ3n) is 3.84. The maximum absolute atomic E-state index is 12.0. The van der Waals surface area contributed by atoms with Crippen LogP contribution < -0.4 is 0 Å². The average molecular weight is 293 g/mol. The van der Waals surface area contributed by atoms with Crippen LogP contribution in [0.25, 0.3) is 0 Å². The average Bonchev–Trinajstić information content (AvgIpc) is 2.48. The van der Waals surface area contributed by atoms with E-state index in [1.54, 1.807) is 12.1 Å². The quantitative estimate of drug-likeness (QED) is 0.549. The van der Waals surface area contributed by atoms with Crippen molar-refractivity contribution in [3.8, 4) is 0 Å². The Labute approximate surface area is 127 Å². The first-order valence-corrected chi connectivity index (χ1v) is 7.96. The van der Waals surface area contributed by atoms with Gasteiger partial charge in [0.2, 0.25) is 0 Å². The van der Waals surface area contributed by atoms with E-state index in [4.69, 9.17) is 11.6 Å². The van der Waals surface area contributed by atoms with Gasteiger partial charge in [0, 0.05) is 17.0 Å². The van der Waals surface area contributed by atoms with Crippen LogP contribution in [0.2, 0.25) is 5.02 Å². The largest absolute Gasteiger partial charge is 0.303 e. The first-order chi connectivity index (χ1) is 9.75. The van der Waals surface area contributed by atoms with Crippen LogP contribution in [0.1, 0.15) is 48.9 Å². The summed E-state index contributed by atoms with van der Waals surface area (Å²) in [6, 6.07) is 7.19. The van der Waals surface area contributed by atoms with Crippen LogP contribution in [-0.4, -0.2) is 30.3 Å². The molecule has 3 heteroatoms. The summed E-state index contributed by atoms with van der Waals surface area (Å²) in [6.45, 7) is 3.61. The van der Waals surface area contributed by atoms with Crippen molar-refractivity contribution in [1.29, 1.82) is 0 Å². The maximum Gasteiger partial charge on any atom is 0.162 e. The number of piperidine rings is 1. The standard InChI is InChI=1S/C17H23ClNO/c18-16-10-8-15(9-11-16)17(20)7-3-1-4-12-19-13-5-2-6-14-19/h2,8-11H,1,3-7,12-14H2. The summed E-state index contributed by atoms with van der Waals surface area (Å²) < 4.78 is 0. The zero-order valence-electron chi connectivity index (χ0n) is 12.0. The van der Waals surface area contributed by atoms with Gasteiger partial charge in [0.15, 0.2) is 5.78 Å². The second kappa shape index (κ2) is 8.43. The van der Waals surface area contributed by atoms with Crippen LogP contribution in [0.5, 0.6) is 0 Å². The molecule has 0 aromatic heterocycles. The number of carbonyl (C=O) groups is 1. The Kier molecular flexibility index (Phi) is 6.55. The third kappa shape index (κ3) is 5.26. The Bertz CT molecular complexity index is 410. The summed E-state index contributed by atoms with van der Waals surface area (Å²) in [5, 5.41) is 0.681. The molecule has 0 spiro atoms. The van der Waals surface area contributed by atoms with Gasteiger partial charge in [-0.05, 0) is 76.0 Å². The summed E-state index contributed by atoms with van der Waals surface area (Å²) in [6.07, 6.45) is 8.82. The highest BCUT2D eigenvalue weighted by molar-refractivity contribution is 6.30. The van der Waals surface area contributed by atoms with Gasteiger partial charge >= 0.3 is 0 Å². The molecule has 20 heavy (non-hydrogen) atoms. The van der Waals surface area contributed by atoms with E-state index in [0.717, 1.165) is 18.4 Å². The van der Waals surface area contributed by atoms with Crippen molar-refractivity contribution < 1.29 is 4.79 Å². The minimum Gasteiger partial charge on any atom is -0.303 e. The van der Waals surface area contributed by atoms with E-state index >= 15 is 0 Å². The molecule has 0 atom stereocenters. The molecular weight excluding hydrogens is 270 g/mol. The summed E-state index contributed by atoms with van der Waals surface area (Å²) in [7, 11) is 0. The lowest BCUT2D eigenvalue weighted by atomic mass is 10.0. The molecule has 1 aromatic carbocycles. The Morgan fingerprint density at radius 1 is 1.05 bits per heavy atom. The van der Waals surface area contributed by atoms with Gasteiger partial charge in [-0.2, -0.15) is 0 Å². The lowest BCUT2D eigenvalue weighted by Gasteiger charge is -2.26. The van der Waals surface area contributed by atoms with Crippen molar-refractivity contribution in [3.63, 3.8) is 0 Å². The smallest absolute Gasteiger partial charge is 0.162 e. The van der Waals surface area contributed by atoms with E-state index in [-0.39, 0.29) is 5.78 Å². The highest BCUT2D eigenvalue weighted by atomic mass is 35.5. The van der Waals surface area contributed by atoms with Gasteiger partial charge in [-0.1, -0.05) is 18.0 Å². The van der Waals surface area contributed by atoms with E-state index in [0.29, 0.717) is 11.4 Å². The molecule has 0 bridgehead atoms. The number of likely N-dealkylation sites (tertiary alicyclic amines) is 1. The van der Waals surface area contributed by atoms with Crippen LogP contribution in [0.3, 0.4) is 0 Å². The normalized spacial score (nSPS) is 16.2. The molecule has 1 radical (unpaired) electrons. The number of hydrogen-bond acceptors (Lipinski definition) is 2. The number of nitrogens with zero attached hydrogens (tertiary/aromatic N) is 1. The molecule has 1 aliphatic rings. The second-order valence-corrected chi connectivity index (χ2v) is 5.88. The van der Waals surface area contributed by atoms with E-state index in [2.05, 4.69) is 11.3 Å². The molecule has 0 N–H and O–H groups in total. The zero-order valence-corrected chi connectivity index (χ0v) is 12.7. The monoisotopic (exact) mass is 292 g/mol. The van der Waals surface area contributed by atoms with Gasteiger partial charge in [-0.15, -0.1) is 0 Å². The minimum atomic E-state index is 0.231. The molecule has 1 aromatic rings. The number of unbranched alkanes of at least 4 members (excludes halogenated alkanes) is 2. The first kappa shape index (κ1) is 15.5. The summed E-state index contributed by atoms with van der Waals surface area (Å²) in [4.78, 5) is 14.5. The number of ketones is 1. The zero-order chi connectivity index (χ0) is 14.2. The van der Waals surface area contributed by atoms with Gasteiger partial charge in [-0.25, -0.2) is 0 Å². The third-order valence-corrected chi connectivity index (χ3v) is 4.10. The molecule has 0 amide bonds. The van der Waals surface area contributed by atoms with Crippen molar-refractivity contribution >= 4 is 17.4 Å². The molecular formula is C17H23ClNO. The van der Waals surface area contributed by atoms with Crippen LogP contribution in [-0.2, 0) is 0 Å². The van der Waals surface area contributed by atoms with Crippen LogP contribution >= 0.6 is 11.6 Å². The molecule has 2 nitrogen and oxygen atoms in total. The molecule has 2 rings (SSSR count). The van der Waals surface area contributed by atoms with Gasteiger partial charge in [0.05, 0.1) is 0 Å². The lowest BCUT2D eigenvalue weighted by molar-refractivity contribution is 0.0978.